The van der Waals surface area contributed by atoms with Gasteiger partial charge in [-0.1, -0.05) is 42.5 Å². The van der Waals surface area contributed by atoms with E-state index in [4.69, 9.17) is 0 Å². The molecule has 1 heterocycles. The lowest BCUT2D eigenvalue weighted by Gasteiger charge is -1.97. The number of H-pyrrole nitrogens is 1. The summed E-state index contributed by atoms with van der Waals surface area (Å²) in [6, 6.07) is 16.5. The van der Waals surface area contributed by atoms with Gasteiger partial charge in [-0.3, -0.25) is 5.10 Å². The van der Waals surface area contributed by atoms with E-state index in [-0.39, 0.29) is 0 Å². The SMILES string of the molecule is Ic1cccc2c(-c3ccccc3)n[nH]c12. The fraction of sp³-hybridized carbons (Fsp3) is 0. The van der Waals surface area contributed by atoms with Gasteiger partial charge in [0.1, 0.15) is 0 Å². The van der Waals surface area contributed by atoms with Gasteiger partial charge in [0.05, 0.1) is 11.2 Å². The van der Waals surface area contributed by atoms with Gasteiger partial charge in [0.25, 0.3) is 0 Å². The van der Waals surface area contributed by atoms with Crippen molar-refractivity contribution < 1.29 is 0 Å². The smallest absolute Gasteiger partial charge is 0.0999 e. The van der Waals surface area contributed by atoms with Crippen molar-refractivity contribution in [2.45, 2.75) is 0 Å². The third kappa shape index (κ3) is 1.51. The van der Waals surface area contributed by atoms with Crippen molar-refractivity contribution in [1.29, 1.82) is 0 Å². The molecule has 0 radical (unpaired) electrons. The van der Waals surface area contributed by atoms with Gasteiger partial charge in [-0.25, -0.2) is 0 Å². The van der Waals surface area contributed by atoms with Crippen LogP contribution in [0, 0.1) is 3.57 Å². The molecule has 0 spiro atoms. The second-order valence-corrected chi connectivity index (χ2v) is 4.76. The van der Waals surface area contributed by atoms with E-state index in [9.17, 15) is 0 Å². The molecule has 0 fully saturated rings. The van der Waals surface area contributed by atoms with Crippen molar-refractivity contribution in [3.8, 4) is 11.3 Å². The van der Waals surface area contributed by atoms with Gasteiger partial charge in [-0.15, -0.1) is 0 Å². The first-order chi connectivity index (χ1) is 7.86. The molecular formula is C13H9IN2. The van der Waals surface area contributed by atoms with Crippen LogP contribution >= 0.6 is 22.6 Å². The fourth-order valence-electron chi connectivity index (χ4n) is 1.82. The lowest BCUT2D eigenvalue weighted by Crippen LogP contribution is -1.77. The second-order valence-electron chi connectivity index (χ2n) is 3.60. The van der Waals surface area contributed by atoms with Gasteiger partial charge in [0.15, 0.2) is 0 Å². The summed E-state index contributed by atoms with van der Waals surface area (Å²) in [5.41, 5.74) is 3.28. The molecule has 3 rings (SSSR count). The molecule has 0 amide bonds. The van der Waals surface area contributed by atoms with E-state index in [1.807, 2.05) is 18.2 Å². The molecule has 1 aromatic heterocycles. The summed E-state index contributed by atoms with van der Waals surface area (Å²) >= 11 is 2.32. The molecule has 78 valence electrons. The highest BCUT2D eigenvalue weighted by Gasteiger charge is 2.08. The molecule has 0 unspecified atom stereocenters. The number of nitrogens with one attached hydrogen (secondary N) is 1. The summed E-state index contributed by atoms with van der Waals surface area (Å²) in [5.74, 6) is 0. The number of benzene rings is 2. The molecule has 1 N–H and O–H groups in total. The second kappa shape index (κ2) is 3.90. The summed E-state index contributed by atoms with van der Waals surface area (Å²) in [7, 11) is 0. The van der Waals surface area contributed by atoms with Crippen LogP contribution in [0.5, 0.6) is 0 Å². The Bertz CT molecular complexity index is 629. The summed E-state index contributed by atoms with van der Waals surface area (Å²) in [6.45, 7) is 0. The zero-order chi connectivity index (χ0) is 11.0. The van der Waals surface area contributed by atoms with Crippen molar-refractivity contribution in [3.63, 3.8) is 0 Å². The third-order valence-electron chi connectivity index (χ3n) is 2.60. The lowest BCUT2D eigenvalue weighted by atomic mass is 10.1. The van der Waals surface area contributed by atoms with Gasteiger partial charge in [-0.05, 0) is 28.7 Å². The Kier molecular flexibility index (Phi) is 2.40. The summed E-state index contributed by atoms with van der Waals surface area (Å²) < 4.78 is 1.20. The molecule has 0 atom stereocenters. The number of hydrogen-bond acceptors (Lipinski definition) is 1. The number of aromatic nitrogens is 2. The first-order valence-electron chi connectivity index (χ1n) is 5.04. The van der Waals surface area contributed by atoms with Crippen molar-refractivity contribution in [2.75, 3.05) is 0 Å². The predicted molar refractivity (Wildman–Crippen MR) is 74.2 cm³/mol. The number of nitrogens with zero attached hydrogens (tertiary/aromatic N) is 1. The van der Waals surface area contributed by atoms with Crippen LogP contribution in [0.25, 0.3) is 22.2 Å². The molecule has 2 aromatic carbocycles. The molecule has 0 bridgehead atoms. The molecule has 0 saturated heterocycles. The van der Waals surface area contributed by atoms with Crippen LogP contribution in [0.2, 0.25) is 0 Å². The Balaban J connectivity index is 2.30. The normalized spacial score (nSPS) is 10.8. The molecule has 0 aliphatic carbocycles. The van der Waals surface area contributed by atoms with Crippen LogP contribution < -0.4 is 0 Å². The van der Waals surface area contributed by atoms with Gasteiger partial charge in [0, 0.05) is 14.5 Å². The molecule has 2 nitrogen and oxygen atoms in total. The van der Waals surface area contributed by atoms with E-state index in [0.29, 0.717) is 0 Å². The highest BCUT2D eigenvalue weighted by molar-refractivity contribution is 14.1. The zero-order valence-electron chi connectivity index (χ0n) is 8.44. The highest BCUT2D eigenvalue weighted by Crippen LogP contribution is 2.28. The summed E-state index contributed by atoms with van der Waals surface area (Å²) in [5, 5.41) is 8.67. The average Bonchev–Trinajstić information content (AvgIpc) is 2.75. The van der Waals surface area contributed by atoms with Crippen molar-refractivity contribution in [3.05, 3.63) is 52.1 Å². The average molecular weight is 320 g/mol. The molecule has 3 heteroatoms. The predicted octanol–water partition coefficient (Wildman–Crippen LogP) is 3.83. The van der Waals surface area contributed by atoms with Crippen LogP contribution in [0.3, 0.4) is 0 Å². The minimum Gasteiger partial charge on any atom is -0.276 e. The summed E-state index contributed by atoms with van der Waals surface area (Å²) in [6.07, 6.45) is 0. The largest absolute Gasteiger partial charge is 0.276 e. The Morgan fingerprint density at radius 1 is 0.938 bits per heavy atom. The topological polar surface area (TPSA) is 28.7 Å². The van der Waals surface area contributed by atoms with Gasteiger partial charge < -0.3 is 0 Å². The first kappa shape index (κ1) is 9.84. The van der Waals surface area contributed by atoms with Crippen LogP contribution in [0.15, 0.2) is 48.5 Å². The minimum absolute atomic E-state index is 1.02. The standard InChI is InChI=1S/C13H9IN2/c14-11-8-4-7-10-12(15-16-13(10)11)9-5-2-1-3-6-9/h1-8H,(H,15,16). The quantitative estimate of drug-likeness (QED) is 0.678. The number of rotatable bonds is 1. The number of para-hydroxylation sites is 1. The molecule has 0 aliphatic heterocycles. The van der Waals surface area contributed by atoms with E-state index in [1.165, 1.54) is 8.96 Å². The molecule has 16 heavy (non-hydrogen) atoms. The van der Waals surface area contributed by atoms with Crippen LogP contribution in [0.4, 0.5) is 0 Å². The monoisotopic (exact) mass is 320 g/mol. The fourth-order valence-corrected chi connectivity index (χ4v) is 2.44. The van der Waals surface area contributed by atoms with Crippen molar-refractivity contribution in [2.24, 2.45) is 0 Å². The van der Waals surface area contributed by atoms with Gasteiger partial charge in [0.2, 0.25) is 0 Å². The summed E-state index contributed by atoms with van der Waals surface area (Å²) in [4.78, 5) is 0. The van der Waals surface area contributed by atoms with E-state index in [1.54, 1.807) is 0 Å². The maximum absolute atomic E-state index is 4.40. The minimum atomic E-state index is 1.02. The van der Waals surface area contributed by atoms with Crippen LogP contribution in [-0.2, 0) is 0 Å². The molecule has 3 aromatic rings. The number of aromatic amines is 1. The Hall–Kier alpha value is -1.36. The number of hydrogen-bond donors (Lipinski definition) is 1. The highest BCUT2D eigenvalue weighted by atomic mass is 127. The Morgan fingerprint density at radius 2 is 1.75 bits per heavy atom. The molecule has 0 aliphatic rings. The zero-order valence-corrected chi connectivity index (χ0v) is 10.6. The van der Waals surface area contributed by atoms with E-state index >= 15 is 0 Å². The number of halogens is 1. The Morgan fingerprint density at radius 3 is 2.56 bits per heavy atom. The van der Waals surface area contributed by atoms with Crippen molar-refractivity contribution >= 4 is 33.5 Å². The van der Waals surface area contributed by atoms with E-state index in [0.717, 1.165) is 16.8 Å². The molecule has 0 saturated carbocycles. The van der Waals surface area contributed by atoms with Crippen LogP contribution in [-0.4, -0.2) is 10.2 Å². The maximum atomic E-state index is 4.40. The molecular weight excluding hydrogens is 311 g/mol. The van der Waals surface area contributed by atoms with Gasteiger partial charge in [-0.2, -0.15) is 5.10 Å². The van der Waals surface area contributed by atoms with Crippen LogP contribution in [0.1, 0.15) is 0 Å². The van der Waals surface area contributed by atoms with E-state index in [2.05, 4.69) is 63.1 Å². The maximum Gasteiger partial charge on any atom is 0.0999 e. The lowest BCUT2D eigenvalue weighted by molar-refractivity contribution is 1.12. The van der Waals surface area contributed by atoms with Crippen molar-refractivity contribution in [1.82, 2.24) is 10.2 Å². The third-order valence-corrected chi connectivity index (χ3v) is 3.49. The van der Waals surface area contributed by atoms with E-state index < -0.39 is 0 Å². The Labute approximate surface area is 107 Å². The first-order valence-corrected chi connectivity index (χ1v) is 6.12. The number of fused-ring (bicyclic) bond motifs is 1. The van der Waals surface area contributed by atoms with Gasteiger partial charge >= 0.3 is 0 Å².